The van der Waals surface area contributed by atoms with Crippen LogP contribution in [0.3, 0.4) is 0 Å². The number of rotatable bonds is 4. The lowest BCUT2D eigenvalue weighted by atomic mass is 10.0. The largest absolute Gasteiger partial charge is 0.480 e. The van der Waals surface area contributed by atoms with E-state index in [-0.39, 0.29) is 5.91 Å². The SMILES string of the molecule is CN(C)c1cccc(C(=O)N(C)C(C)(C)C(=O)O)c1. The molecule has 5 heteroatoms. The van der Waals surface area contributed by atoms with Gasteiger partial charge < -0.3 is 14.9 Å². The minimum Gasteiger partial charge on any atom is -0.480 e. The minimum atomic E-state index is -1.24. The highest BCUT2D eigenvalue weighted by Gasteiger charge is 2.35. The van der Waals surface area contributed by atoms with Crippen LogP contribution >= 0.6 is 0 Å². The van der Waals surface area contributed by atoms with Crippen molar-refractivity contribution in [3.8, 4) is 0 Å². The van der Waals surface area contributed by atoms with Gasteiger partial charge in [-0.3, -0.25) is 4.79 Å². The van der Waals surface area contributed by atoms with E-state index in [1.54, 1.807) is 18.2 Å². The fraction of sp³-hybridized carbons (Fsp3) is 0.429. The summed E-state index contributed by atoms with van der Waals surface area (Å²) >= 11 is 0. The van der Waals surface area contributed by atoms with Gasteiger partial charge in [-0.15, -0.1) is 0 Å². The second-order valence-corrected chi connectivity index (χ2v) is 5.17. The second-order valence-electron chi connectivity index (χ2n) is 5.17. The fourth-order valence-electron chi connectivity index (χ4n) is 1.51. The quantitative estimate of drug-likeness (QED) is 0.899. The third-order valence-corrected chi connectivity index (χ3v) is 3.28. The lowest BCUT2D eigenvalue weighted by Crippen LogP contribution is -2.50. The maximum Gasteiger partial charge on any atom is 0.329 e. The van der Waals surface area contributed by atoms with Gasteiger partial charge in [0.2, 0.25) is 0 Å². The van der Waals surface area contributed by atoms with Crippen molar-refractivity contribution in [2.45, 2.75) is 19.4 Å². The normalized spacial score (nSPS) is 11.0. The van der Waals surface area contributed by atoms with Gasteiger partial charge in [-0.25, -0.2) is 4.79 Å². The second kappa shape index (κ2) is 5.30. The van der Waals surface area contributed by atoms with Crippen molar-refractivity contribution in [3.63, 3.8) is 0 Å². The van der Waals surface area contributed by atoms with Crippen molar-refractivity contribution in [3.05, 3.63) is 29.8 Å². The Hall–Kier alpha value is -2.04. The van der Waals surface area contributed by atoms with E-state index in [0.29, 0.717) is 5.56 Å². The van der Waals surface area contributed by atoms with Gasteiger partial charge in [-0.05, 0) is 32.0 Å². The van der Waals surface area contributed by atoms with Crippen molar-refractivity contribution < 1.29 is 14.7 Å². The zero-order valence-electron chi connectivity index (χ0n) is 12.0. The van der Waals surface area contributed by atoms with E-state index < -0.39 is 11.5 Å². The molecule has 0 fully saturated rings. The monoisotopic (exact) mass is 264 g/mol. The molecule has 0 radical (unpaired) electrons. The summed E-state index contributed by atoms with van der Waals surface area (Å²) in [6.45, 7) is 3.01. The first-order valence-electron chi connectivity index (χ1n) is 5.97. The first-order chi connectivity index (χ1) is 8.67. The van der Waals surface area contributed by atoms with E-state index in [2.05, 4.69) is 0 Å². The molecule has 0 bridgehead atoms. The Balaban J connectivity index is 3.07. The highest BCUT2D eigenvalue weighted by atomic mass is 16.4. The Morgan fingerprint density at radius 1 is 1.16 bits per heavy atom. The number of benzene rings is 1. The highest BCUT2D eigenvalue weighted by molar-refractivity contribution is 5.98. The molecule has 1 N–H and O–H groups in total. The van der Waals surface area contributed by atoms with Crippen LogP contribution in [0.25, 0.3) is 0 Å². The molecule has 1 rings (SSSR count). The van der Waals surface area contributed by atoms with Crippen LogP contribution in [0.2, 0.25) is 0 Å². The number of carboxylic acids is 1. The summed E-state index contributed by atoms with van der Waals surface area (Å²) in [6, 6.07) is 7.10. The van der Waals surface area contributed by atoms with Crippen molar-refractivity contribution >= 4 is 17.6 Å². The molecule has 0 saturated heterocycles. The van der Waals surface area contributed by atoms with Crippen LogP contribution in [0.4, 0.5) is 5.69 Å². The number of carboxylic acid groups (broad SMARTS) is 1. The molecule has 0 aliphatic heterocycles. The lowest BCUT2D eigenvalue weighted by molar-refractivity contribution is -0.147. The summed E-state index contributed by atoms with van der Waals surface area (Å²) in [5.41, 5.74) is 0.126. The molecule has 0 aliphatic rings. The molecule has 1 amide bonds. The molecule has 1 aromatic carbocycles. The van der Waals surface area contributed by atoms with Crippen LogP contribution in [-0.4, -0.2) is 48.6 Å². The van der Waals surface area contributed by atoms with E-state index in [9.17, 15) is 9.59 Å². The number of aliphatic carboxylic acids is 1. The predicted octanol–water partition coefficient (Wildman–Crippen LogP) is 1.69. The molecular formula is C14H20N2O3. The molecule has 0 atom stereocenters. The number of likely N-dealkylation sites (N-methyl/N-ethyl adjacent to an activating group) is 1. The zero-order chi connectivity index (χ0) is 14.8. The first kappa shape index (κ1) is 15.0. The number of carbonyl (C=O) groups excluding carboxylic acids is 1. The Morgan fingerprint density at radius 2 is 1.74 bits per heavy atom. The number of anilines is 1. The van der Waals surface area contributed by atoms with E-state index >= 15 is 0 Å². The average Bonchev–Trinajstić information content (AvgIpc) is 2.36. The number of hydrogen-bond donors (Lipinski definition) is 1. The van der Waals surface area contributed by atoms with Gasteiger partial charge >= 0.3 is 5.97 Å². The molecule has 0 heterocycles. The van der Waals surface area contributed by atoms with E-state index in [4.69, 9.17) is 5.11 Å². The van der Waals surface area contributed by atoms with Gasteiger partial charge in [0, 0.05) is 32.4 Å². The molecule has 0 aliphatic carbocycles. The molecule has 0 aromatic heterocycles. The molecule has 0 spiro atoms. The van der Waals surface area contributed by atoms with Gasteiger partial charge in [0.05, 0.1) is 0 Å². The zero-order valence-corrected chi connectivity index (χ0v) is 12.0. The Kier molecular flexibility index (Phi) is 4.19. The fourth-order valence-corrected chi connectivity index (χ4v) is 1.51. The van der Waals surface area contributed by atoms with Crippen LogP contribution in [0.15, 0.2) is 24.3 Å². The third-order valence-electron chi connectivity index (χ3n) is 3.28. The molecule has 0 saturated carbocycles. The third kappa shape index (κ3) is 3.05. The Morgan fingerprint density at radius 3 is 2.21 bits per heavy atom. The molecule has 104 valence electrons. The van der Waals surface area contributed by atoms with Gasteiger partial charge in [0.15, 0.2) is 0 Å². The Labute approximate surface area is 113 Å². The smallest absolute Gasteiger partial charge is 0.329 e. The summed E-state index contributed by atoms with van der Waals surface area (Å²) in [4.78, 5) is 26.6. The first-order valence-corrected chi connectivity index (χ1v) is 5.97. The van der Waals surface area contributed by atoms with Gasteiger partial charge in [0.25, 0.3) is 5.91 Å². The van der Waals surface area contributed by atoms with Crippen LogP contribution in [0, 0.1) is 0 Å². The van der Waals surface area contributed by atoms with Crippen LogP contribution in [0.1, 0.15) is 24.2 Å². The lowest BCUT2D eigenvalue weighted by Gasteiger charge is -2.31. The topological polar surface area (TPSA) is 60.9 Å². The van der Waals surface area contributed by atoms with Gasteiger partial charge in [0.1, 0.15) is 5.54 Å². The van der Waals surface area contributed by atoms with Gasteiger partial charge in [-0.1, -0.05) is 6.07 Å². The maximum absolute atomic E-state index is 12.3. The standard InChI is InChI=1S/C14H20N2O3/c1-14(2,13(18)19)16(5)12(17)10-7-6-8-11(9-10)15(3)4/h6-9H,1-5H3,(H,18,19). The van der Waals surface area contributed by atoms with Crippen LogP contribution < -0.4 is 4.90 Å². The van der Waals surface area contributed by atoms with E-state index in [0.717, 1.165) is 5.69 Å². The summed E-state index contributed by atoms with van der Waals surface area (Å²) < 4.78 is 0. The summed E-state index contributed by atoms with van der Waals surface area (Å²) in [6.07, 6.45) is 0. The number of amides is 1. The molecule has 0 unspecified atom stereocenters. The van der Waals surface area contributed by atoms with Crippen LogP contribution in [0.5, 0.6) is 0 Å². The number of nitrogens with zero attached hydrogens (tertiary/aromatic N) is 2. The van der Waals surface area contributed by atoms with E-state index in [1.807, 2.05) is 25.1 Å². The van der Waals surface area contributed by atoms with Crippen LogP contribution in [-0.2, 0) is 4.79 Å². The minimum absolute atomic E-state index is 0.309. The maximum atomic E-state index is 12.3. The molecule has 19 heavy (non-hydrogen) atoms. The summed E-state index contributed by atoms with van der Waals surface area (Å²) in [7, 11) is 5.27. The highest BCUT2D eigenvalue weighted by Crippen LogP contribution is 2.19. The Bertz CT molecular complexity index is 495. The van der Waals surface area contributed by atoms with Crippen molar-refractivity contribution in [1.82, 2.24) is 4.90 Å². The van der Waals surface area contributed by atoms with Crippen molar-refractivity contribution in [1.29, 1.82) is 0 Å². The molecule has 1 aromatic rings. The van der Waals surface area contributed by atoms with Gasteiger partial charge in [-0.2, -0.15) is 0 Å². The molecular weight excluding hydrogens is 244 g/mol. The van der Waals surface area contributed by atoms with E-state index in [1.165, 1.54) is 25.8 Å². The summed E-state index contributed by atoms with van der Waals surface area (Å²) in [5, 5.41) is 9.15. The number of hydrogen-bond acceptors (Lipinski definition) is 3. The number of carbonyl (C=O) groups is 2. The van der Waals surface area contributed by atoms with Crippen molar-refractivity contribution in [2.24, 2.45) is 0 Å². The van der Waals surface area contributed by atoms with Crippen molar-refractivity contribution in [2.75, 3.05) is 26.0 Å². The predicted molar refractivity (Wildman–Crippen MR) is 74.6 cm³/mol. The average molecular weight is 264 g/mol. The summed E-state index contributed by atoms with van der Waals surface area (Å²) in [5.74, 6) is -1.34. The molecule has 5 nitrogen and oxygen atoms in total.